The molecule has 0 aliphatic rings. The number of aromatic carboxylic acids is 2. The number of hydrogen-bond donors (Lipinski definition) is 4. The summed E-state index contributed by atoms with van der Waals surface area (Å²) in [6.45, 7) is 7.65. The maximum Gasteiger partial charge on any atom is 1.00 e. The minimum Gasteiger partial charge on any atom is -0.478 e. The molecule has 2 heterocycles. The van der Waals surface area contributed by atoms with Crippen molar-refractivity contribution in [2.24, 2.45) is 20.5 Å². The van der Waals surface area contributed by atoms with Gasteiger partial charge in [0.2, 0.25) is 0 Å². The largest absolute Gasteiger partial charge is 1.00 e. The van der Waals surface area contributed by atoms with Crippen molar-refractivity contribution in [1.29, 1.82) is 0 Å². The molecule has 6 rings (SSSR count). The maximum absolute atomic E-state index is 12.5. The quantitative estimate of drug-likeness (QED) is 0.0303. The zero-order chi connectivity index (χ0) is 46.1. The average Bonchev–Trinajstić information content (AvgIpc) is 3.77. The SMILES string of the molecule is CCCCCCCCCCCCNCCO.Cc1nn(-c2ccccc2)c(=O)[c-]1N=Nc1ccccc1C(=O)O.Cc1nn(-c2ccccc2)c(=O)[c-]1N=Nc1ccccc1C(=O)O.[Cr].[H+]. The smallest absolute Gasteiger partial charge is 0.478 e. The van der Waals surface area contributed by atoms with Gasteiger partial charge < -0.3 is 40.5 Å². The van der Waals surface area contributed by atoms with E-state index in [1.807, 2.05) is 12.1 Å². The summed E-state index contributed by atoms with van der Waals surface area (Å²) in [5.74, 6) is -2.22. The molecule has 6 aromatic rings. The number of para-hydroxylation sites is 2. The van der Waals surface area contributed by atoms with E-state index in [4.69, 9.17) is 15.3 Å². The van der Waals surface area contributed by atoms with Gasteiger partial charge in [-0.05, 0) is 61.5 Å². The number of benzene rings is 4. The molecule has 0 spiro atoms. The van der Waals surface area contributed by atoms with Crippen LogP contribution in [0.4, 0.5) is 22.7 Å². The molecule has 0 fully saturated rings. The van der Waals surface area contributed by atoms with Crippen LogP contribution in [0.15, 0.2) is 139 Å². The molecule has 0 atom stereocenters. The number of unbranched alkanes of at least 4 members (excludes halogenated alkanes) is 9. The fourth-order valence-corrected chi connectivity index (χ4v) is 6.35. The van der Waals surface area contributed by atoms with E-state index in [1.54, 1.807) is 86.6 Å². The molecule has 16 nitrogen and oxygen atoms in total. The fraction of sp³-hybridized carbons (Fsp3) is 0.333. The predicted molar refractivity (Wildman–Crippen MR) is 248 cm³/mol. The zero-order valence-corrected chi connectivity index (χ0v) is 38.3. The van der Waals surface area contributed by atoms with E-state index in [0.717, 1.165) is 13.1 Å². The van der Waals surface area contributed by atoms with Crippen LogP contribution in [0.1, 0.15) is 105 Å². The number of carboxylic acids is 2. The number of aliphatic hydroxyl groups excluding tert-OH is 1. The molecule has 0 radical (unpaired) electrons. The van der Waals surface area contributed by atoms with Crippen LogP contribution in [-0.4, -0.2) is 66.5 Å². The Kier molecular flexibility index (Phi) is 23.6. The van der Waals surface area contributed by atoms with Crippen LogP contribution in [0.25, 0.3) is 11.4 Å². The van der Waals surface area contributed by atoms with Gasteiger partial charge in [-0.15, -0.1) is 11.4 Å². The Morgan fingerprint density at radius 2 is 0.954 bits per heavy atom. The molecule has 0 amide bonds. The van der Waals surface area contributed by atoms with Gasteiger partial charge in [-0.2, -0.15) is 10.2 Å². The van der Waals surface area contributed by atoms with Crippen molar-refractivity contribution in [2.75, 3.05) is 19.7 Å². The number of carboxylic acid groups (broad SMARTS) is 2. The number of azo groups is 2. The molecule has 4 aromatic carbocycles. The first-order chi connectivity index (χ1) is 31.1. The Hall–Kier alpha value is -6.51. The van der Waals surface area contributed by atoms with Crippen LogP contribution in [0, 0.1) is 13.8 Å². The van der Waals surface area contributed by atoms with Gasteiger partial charge in [0.05, 0.1) is 40.5 Å². The minimum atomic E-state index is -1.11. The molecule has 17 heteroatoms. The Bertz CT molecular complexity index is 2360. The van der Waals surface area contributed by atoms with Crippen molar-refractivity contribution in [2.45, 2.75) is 85.0 Å². The van der Waals surface area contributed by atoms with Gasteiger partial charge in [-0.1, -0.05) is 151 Å². The van der Waals surface area contributed by atoms with Gasteiger partial charge in [-0.25, -0.2) is 29.2 Å². The number of aryl methyl sites for hydroxylation is 2. The Morgan fingerprint density at radius 3 is 1.34 bits per heavy atom. The van der Waals surface area contributed by atoms with Crippen molar-refractivity contribution < 1.29 is 43.7 Å². The topological polar surface area (TPSA) is 226 Å². The molecule has 0 bridgehead atoms. The van der Waals surface area contributed by atoms with Crippen molar-refractivity contribution in [1.82, 2.24) is 24.9 Å². The Morgan fingerprint density at radius 1 is 0.585 bits per heavy atom. The van der Waals surface area contributed by atoms with Crippen molar-refractivity contribution in [3.05, 3.63) is 152 Å². The third-order valence-electron chi connectivity index (χ3n) is 9.76. The molecule has 2 aromatic heterocycles. The number of nitrogens with zero attached hydrogens (tertiary/aromatic N) is 8. The van der Waals surface area contributed by atoms with E-state index in [9.17, 15) is 19.2 Å². The third kappa shape index (κ3) is 16.9. The number of nitrogens with one attached hydrogen (secondary N) is 1. The van der Waals surface area contributed by atoms with E-state index in [2.05, 4.69) is 42.9 Å². The van der Waals surface area contributed by atoms with Crippen LogP contribution in [0.5, 0.6) is 0 Å². The fourth-order valence-electron chi connectivity index (χ4n) is 6.35. The van der Waals surface area contributed by atoms with Crippen molar-refractivity contribution in [3.63, 3.8) is 0 Å². The van der Waals surface area contributed by atoms with Crippen molar-refractivity contribution >= 4 is 34.7 Å². The average molecular weight is 925 g/mol. The summed E-state index contributed by atoms with van der Waals surface area (Å²) in [4.78, 5) is 47.3. The van der Waals surface area contributed by atoms with Gasteiger partial charge in [0, 0.05) is 23.9 Å². The predicted octanol–water partition coefficient (Wildman–Crippen LogP) is 10.3. The van der Waals surface area contributed by atoms with Gasteiger partial charge in [0.15, 0.2) is 0 Å². The van der Waals surface area contributed by atoms with Gasteiger partial charge in [0.1, 0.15) is 11.1 Å². The van der Waals surface area contributed by atoms with E-state index in [-0.39, 0.29) is 59.3 Å². The molecule has 344 valence electrons. The second-order valence-electron chi connectivity index (χ2n) is 14.7. The summed E-state index contributed by atoms with van der Waals surface area (Å²) in [7, 11) is 0. The molecule has 65 heavy (non-hydrogen) atoms. The number of carbonyl (C=O) groups is 2. The standard InChI is InChI=1S/2C17H13N4O3.C14H31NO.Cr/c2*1-11-15(16(22)21(20-11)12-7-3-2-4-8-12)19-18-14-10-6-5-9-13(14)17(23)24;1-2-3-4-5-6-7-8-9-10-11-12-15-13-14-16;/h2*2-10H,1H3,(H,23,24);15-16H,2-14H2,1H3;/q2*-1;;/p+1. The molecular weight excluding hydrogens is 867 g/mol. The summed E-state index contributed by atoms with van der Waals surface area (Å²) in [6.07, 6.45) is 13.9. The molecule has 0 saturated heterocycles. The summed E-state index contributed by atoms with van der Waals surface area (Å²) < 4.78 is 2.49. The van der Waals surface area contributed by atoms with E-state index in [0.29, 0.717) is 22.8 Å². The van der Waals surface area contributed by atoms with E-state index in [1.165, 1.54) is 97.8 Å². The number of aliphatic hydroxyl groups is 1. The van der Waals surface area contributed by atoms with Gasteiger partial charge >= 0.3 is 13.4 Å². The summed E-state index contributed by atoms with van der Waals surface area (Å²) in [6, 6.07) is 30.3. The van der Waals surface area contributed by atoms with Crippen LogP contribution >= 0.6 is 0 Å². The number of hydrogen-bond acceptors (Lipinski definition) is 12. The summed E-state index contributed by atoms with van der Waals surface area (Å²) >= 11 is 0. The van der Waals surface area contributed by atoms with Gasteiger partial charge in [-0.3, -0.25) is 0 Å². The van der Waals surface area contributed by atoms with Gasteiger partial charge in [0.25, 0.3) is 0 Å². The molecule has 0 aliphatic heterocycles. The number of rotatable bonds is 21. The first-order valence-corrected chi connectivity index (χ1v) is 21.5. The first-order valence-electron chi connectivity index (χ1n) is 21.5. The Labute approximate surface area is 390 Å². The monoisotopic (exact) mass is 924 g/mol. The molecule has 0 unspecified atom stereocenters. The first kappa shape index (κ1) is 52.8. The second-order valence-corrected chi connectivity index (χ2v) is 14.7. The summed E-state index contributed by atoms with van der Waals surface area (Å²) in [5.41, 5.74) is 1.82. The summed E-state index contributed by atoms with van der Waals surface area (Å²) in [5, 5.41) is 54.1. The molecular formula is C48H58CrN9O7-. The molecule has 0 aliphatic carbocycles. The third-order valence-corrected chi connectivity index (χ3v) is 9.76. The van der Waals surface area contributed by atoms with Crippen molar-refractivity contribution in [3.8, 4) is 11.4 Å². The van der Waals surface area contributed by atoms with Crippen LogP contribution in [0.3, 0.4) is 0 Å². The zero-order valence-electron chi connectivity index (χ0n) is 38.0. The van der Waals surface area contributed by atoms with E-state index < -0.39 is 23.1 Å². The van der Waals surface area contributed by atoms with Crippen LogP contribution < -0.4 is 16.4 Å². The second kappa shape index (κ2) is 29.0. The molecule has 0 saturated carbocycles. The van der Waals surface area contributed by atoms with Crippen LogP contribution in [0.2, 0.25) is 0 Å². The minimum absolute atomic E-state index is 0. The van der Waals surface area contributed by atoms with Crippen LogP contribution in [-0.2, 0) is 17.4 Å². The maximum atomic E-state index is 12.5. The van der Waals surface area contributed by atoms with E-state index >= 15 is 0 Å². The number of aromatic nitrogens is 4. The Balaban J connectivity index is 0.000000344. The normalized spacial score (nSPS) is 10.8. The molecule has 4 N–H and O–H groups in total.